The normalized spacial score (nSPS) is 13.4. The van der Waals surface area contributed by atoms with Crippen LogP contribution in [-0.2, 0) is 13.0 Å². The van der Waals surface area contributed by atoms with Gasteiger partial charge in [-0.15, -0.1) is 11.3 Å². The number of nitrogens with one attached hydrogen (secondary N) is 1. The van der Waals surface area contributed by atoms with Gasteiger partial charge in [0.25, 0.3) is 5.91 Å². The third-order valence-corrected chi connectivity index (χ3v) is 5.20. The summed E-state index contributed by atoms with van der Waals surface area (Å²) >= 11 is 1.63. The fourth-order valence-electron chi connectivity index (χ4n) is 2.98. The van der Waals surface area contributed by atoms with Crippen LogP contribution in [0.25, 0.3) is 11.3 Å². The van der Waals surface area contributed by atoms with Crippen molar-refractivity contribution in [3.8, 4) is 11.3 Å². The van der Waals surface area contributed by atoms with Gasteiger partial charge in [-0.2, -0.15) is 0 Å². The van der Waals surface area contributed by atoms with E-state index in [9.17, 15) is 4.79 Å². The first-order chi connectivity index (χ1) is 12.2. The summed E-state index contributed by atoms with van der Waals surface area (Å²) in [6.07, 6.45) is 4.41. The molecule has 1 aromatic carbocycles. The Labute approximate surface area is 148 Å². The van der Waals surface area contributed by atoms with E-state index in [0.717, 1.165) is 41.5 Å². The maximum Gasteiger partial charge on any atom is 0.274 e. The van der Waals surface area contributed by atoms with Gasteiger partial charge in [0.05, 0.1) is 5.69 Å². The number of carbonyl (C=O) groups is 1. The second-order valence-electron chi connectivity index (χ2n) is 5.85. The van der Waals surface area contributed by atoms with Gasteiger partial charge in [0.15, 0.2) is 5.13 Å². The number of fused-ring (bicyclic) bond motifs is 1. The van der Waals surface area contributed by atoms with Crippen molar-refractivity contribution in [3.05, 3.63) is 64.8 Å². The van der Waals surface area contributed by atoms with E-state index in [1.807, 2.05) is 30.5 Å². The molecule has 6 nitrogen and oxygen atoms in total. The van der Waals surface area contributed by atoms with Gasteiger partial charge in [-0.25, -0.2) is 10.5 Å². The van der Waals surface area contributed by atoms with Crippen LogP contribution in [0.3, 0.4) is 0 Å². The number of thiazole rings is 1. The van der Waals surface area contributed by atoms with Crippen molar-refractivity contribution < 1.29 is 10.0 Å². The summed E-state index contributed by atoms with van der Waals surface area (Å²) in [7, 11) is 0. The zero-order valence-electron chi connectivity index (χ0n) is 13.3. The Bertz CT molecular complexity index is 910. The molecule has 4 rings (SSSR count). The van der Waals surface area contributed by atoms with E-state index in [4.69, 9.17) is 10.2 Å². The molecule has 0 radical (unpaired) electrons. The number of nitrogens with zero attached hydrogens (tertiary/aromatic N) is 3. The Morgan fingerprint density at radius 1 is 1.28 bits per heavy atom. The number of hydroxylamine groups is 1. The van der Waals surface area contributed by atoms with Crippen LogP contribution < -0.4 is 10.4 Å². The number of pyridine rings is 1. The average molecular weight is 352 g/mol. The number of amides is 1. The number of rotatable bonds is 3. The topological polar surface area (TPSA) is 78.4 Å². The first-order valence-corrected chi connectivity index (χ1v) is 8.79. The van der Waals surface area contributed by atoms with Gasteiger partial charge in [0.1, 0.15) is 0 Å². The maximum atomic E-state index is 11.5. The van der Waals surface area contributed by atoms with E-state index in [2.05, 4.69) is 15.3 Å². The van der Waals surface area contributed by atoms with Gasteiger partial charge < -0.3 is 4.90 Å². The lowest BCUT2D eigenvalue weighted by Gasteiger charge is -2.28. The summed E-state index contributed by atoms with van der Waals surface area (Å²) in [5.74, 6) is -0.480. The quantitative estimate of drug-likeness (QED) is 0.560. The Kier molecular flexibility index (Phi) is 4.17. The lowest BCUT2D eigenvalue weighted by molar-refractivity contribution is 0.0706. The predicted octanol–water partition coefficient (Wildman–Crippen LogP) is 2.89. The maximum absolute atomic E-state index is 11.5. The van der Waals surface area contributed by atoms with Gasteiger partial charge in [0, 0.05) is 42.0 Å². The molecular formula is C18H16N4O2S. The van der Waals surface area contributed by atoms with Crippen LogP contribution in [0.4, 0.5) is 5.13 Å². The van der Waals surface area contributed by atoms with Crippen LogP contribution in [0, 0.1) is 0 Å². The van der Waals surface area contributed by atoms with E-state index in [1.165, 1.54) is 5.56 Å². The minimum Gasteiger partial charge on any atom is -0.343 e. The average Bonchev–Trinajstić information content (AvgIpc) is 3.17. The van der Waals surface area contributed by atoms with Crippen LogP contribution in [0.15, 0.2) is 48.1 Å². The van der Waals surface area contributed by atoms with Crippen LogP contribution in [0.5, 0.6) is 0 Å². The molecule has 2 N–H and O–H groups in total. The zero-order chi connectivity index (χ0) is 17.2. The molecule has 0 saturated carbocycles. The highest BCUT2D eigenvalue weighted by Crippen LogP contribution is 2.30. The van der Waals surface area contributed by atoms with Crippen LogP contribution in [0.1, 0.15) is 21.5 Å². The molecule has 1 aliphatic rings. The first-order valence-electron chi connectivity index (χ1n) is 7.92. The standard InChI is InChI=1S/C18H16N4O2S/c23-17(21-24)13-3-4-15-10-22(7-5-12(15)8-13)18-20-16(11-25-18)14-2-1-6-19-9-14/h1-4,6,8-9,11,24H,5,7,10H2,(H,21,23). The molecule has 3 aromatic rings. The number of benzene rings is 1. The third kappa shape index (κ3) is 3.11. The van der Waals surface area contributed by atoms with Crippen LogP contribution >= 0.6 is 11.3 Å². The van der Waals surface area contributed by atoms with Gasteiger partial charge in [0.2, 0.25) is 0 Å². The third-order valence-electron chi connectivity index (χ3n) is 4.30. The number of aromatic nitrogens is 2. The van der Waals surface area contributed by atoms with Crippen molar-refractivity contribution in [2.24, 2.45) is 0 Å². The molecule has 0 atom stereocenters. The summed E-state index contributed by atoms with van der Waals surface area (Å²) in [6.45, 7) is 1.60. The second-order valence-corrected chi connectivity index (χ2v) is 6.69. The molecule has 1 aliphatic heterocycles. The van der Waals surface area contributed by atoms with Gasteiger partial charge >= 0.3 is 0 Å². The summed E-state index contributed by atoms with van der Waals surface area (Å²) < 4.78 is 0. The Hall–Kier alpha value is -2.77. The van der Waals surface area contributed by atoms with Crippen molar-refractivity contribution in [3.63, 3.8) is 0 Å². The van der Waals surface area contributed by atoms with E-state index in [-0.39, 0.29) is 0 Å². The fourth-order valence-corrected chi connectivity index (χ4v) is 3.84. The molecule has 0 bridgehead atoms. The van der Waals surface area contributed by atoms with Crippen molar-refractivity contribution >= 4 is 22.4 Å². The molecule has 1 amide bonds. The highest BCUT2D eigenvalue weighted by Gasteiger charge is 2.20. The molecular weight excluding hydrogens is 336 g/mol. The Morgan fingerprint density at radius 3 is 3.00 bits per heavy atom. The van der Waals surface area contributed by atoms with Crippen molar-refractivity contribution in [1.29, 1.82) is 0 Å². The molecule has 0 fully saturated rings. The summed E-state index contributed by atoms with van der Waals surface area (Å²) in [6, 6.07) is 9.44. The van der Waals surface area contributed by atoms with Crippen LogP contribution in [-0.4, -0.2) is 27.6 Å². The molecule has 0 unspecified atom stereocenters. The number of hydrogen-bond acceptors (Lipinski definition) is 6. The van der Waals surface area contributed by atoms with Crippen molar-refractivity contribution in [1.82, 2.24) is 15.4 Å². The van der Waals surface area contributed by atoms with E-state index < -0.39 is 5.91 Å². The SMILES string of the molecule is O=C(NO)c1ccc2c(c1)CCN(c1nc(-c3cccnc3)cs1)C2. The fraction of sp³-hybridized carbons (Fsp3) is 0.167. The molecule has 126 valence electrons. The molecule has 0 spiro atoms. The summed E-state index contributed by atoms with van der Waals surface area (Å²) in [5, 5.41) is 11.8. The molecule has 0 aliphatic carbocycles. The smallest absolute Gasteiger partial charge is 0.274 e. The lowest BCUT2D eigenvalue weighted by Crippen LogP contribution is -2.30. The lowest BCUT2D eigenvalue weighted by atomic mass is 9.97. The zero-order valence-corrected chi connectivity index (χ0v) is 14.2. The minimum absolute atomic E-state index is 0.475. The number of carbonyl (C=O) groups excluding carboxylic acids is 1. The highest BCUT2D eigenvalue weighted by molar-refractivity contribution is 7.14. The van der Waals surface area contributed by atoms with E-state index in [0.29, 0.717) is 5.56 Å². The largest absolute Gasteiger partial charge is 0.343 e. The summed E-state index contributed by atoms with van der Waals surface area (Å²) in [5.41, 5.74) is 6.43. The monoisotopic (exact) mass is 352 g/mol. The Morgan fingerprint density at radius 2 is 2.20 bits per heavy atom. The molecule has 0 saturated heterocycles. The Balaban J connectivity index is 1.55. The first kappa shape index (κ1) is 15.7. The summed E-state index contributed by atoms with van der Waals surface area (Å²) in [4.78, 5) is 22.7. The predicted molar refractivity (Wildman–Crippen MR) is 95.8 cm³/mol. The van der Waals surface area contributed by atoms with E-state index in [1.54, 1.807) is 29.1 Å². The molecule has 25 heavy (non-hydrogen) atoms. The van der Waals surface area contributed by atoms with E-state index >= 15 is 0 Å². The highest BCUT2D eigenvalue weighted by atomic mass is 32.1. The number of anilines is 1. The second kappa shape index (κ2) is 6.62. The molecule has 2 aromatic heterocycles. The number of hydrogen-bond donors (Lipinski definition) is 2. The van der Waals surface area contributed by atoms with Crippen molar-refractivity contribution in [2.75, 3.05) is 11.4 Å². The minimum atomic E-state index is -0.480. The van der Waals surface area contributed by atoms with Gasteiger partial charge in [-0.1, -0.05) is 6.07 Å². The van der Waals surface area contributed by atoms with Crippen LogP contribution in [0.2, 0.25) is 0 Å². The van der Waals surface area contributed by atoms with Gasteiger partial charge in [-0.05, 0) is 41.8 Å². The molecule has 7 heteroatoms. The van der Waals surface area contributed by atoms with Crippen molar-refractivity contribution in [2.45, 2.75) is 13.0 Å². The van der Waals surface area contributed by atoms with Gasteiger partial charge in [-0.3, -0.25) is 15.0 Å². The molecule has 3 heterocycles.